The summed E-state index contributed by atoms with van der Waals surface area (Å²) in [5, 5.41) is 13.1. The Bertz CT molecular complexity index is 639. The maximum Gasteiger partial charge on any atom is 0.213 e. The third-order valence-electron chi connectivity index (χ3n) is 3.86. The molecule has 0 radical (unpaired) electrons. The van der Waals surface area contributed by atoms with Crippen LogP contribution in [0.3, 0.4) is 0 Å². The Kier molecular flexibility index (Phi) is 4.98. The first-order valence-electron chi connectivity index (χ1n) is 7.89. The summed E-state index contributed by atoms with van der Waals surface area (Å²) in [6.45, 7) is 2.16. The van der Waals surface area contributed by atoms with E-state index in [1.54, 1.807) is 12.1 Å². The van der Waals surface area contributed by atoms with Crippen molar-refractivity contribution in [2.24, 2.45) is 5.92 Å². The number of methoxy groups -OCH3 is 1. The Balaban J connectivity index is 1.45. The third-order valence-corrected chi connectivity index (χ3v) is 3.86. The molecule has 122 valence electrons. The highest BCUT2D eigenvalue weighted by Gasteiger charge is 2.21. The third kappa shape index (κ3) is 4.60. The molecular weight excluding hydrogens is 292 g/mol. The van der Waals surface area contributed by atoms with E-state index in [1.807, 2.05) is 24.4 Å². The van der Waals surface area contributed by atoms with E-state index in [1.165, 1.54) is 20.0 Å². The average molecular weight is 314 g/mol. The molecule has 1 heterocycles. The topological polar surface area (TPSA) is 63.6 Å². The molecule has 1 aromatic heterocycles. The Morgan fingerprint density at radius 2 is 1.96 bits per heavy atom. The van der Waals surface area contributed by atoms with Crippen LogP contribution in [0.4, 0.5) is 0 Å². The van der Waals surface area contributed by atoms with Crippen LogP contribution >= 0.6 is 0 Å². The maximum atomic E-state index is 9.76. The molecule has 0 atom stereocenters. The Morgan fingerprint density at radius 1 is 1.17 bits per heavy atom. The Morgan fingerprint density at radius 3 is 2.61 bits per heavy atom. The lowest BCUT2D eigenvalue weighted by molar-refractivity contribution is 0.288. The minimum Gasteiger partial charge on any atom is -0.504 e. The molecule has 0 spiro atoms. The Hall–Kier alpha value is -2.27. The van der Waals surface area contributed by atoms with Crippen molar-refractivity contribution in [3.8, 4) is 17.4 Å². The fourth-order valence-corrected chi connectivity index (χ4v) is 2.29. The van der Waals surface area contributed by atoms with E-state index in [2.05, 4.69) is 10.3 Å². The normalized spacial score (nSPS) is 13.8. The van der Waals surface area contributed by atoms with Crippen LogP contribution in [0.1, 0.15) is 24.0 Å². The molecule has 0 amide bonds. The van der Waals surface area contributed by atoms with Gasteiger partial charge in [-0.3, -0.25) is 0 Å². The zero-order valence-corrected chi connectivity index (χ0v) is 13.3. The number of aromatic nitrogens is 1. The van der Waals surface area contributed by atoms with E-state index in [0.29, 0.717) is 24.7 Å². The lowest BCUT2D eigenvalue weighted by atomic mass is 10.2. The van der Waals surface area contributed by atoms with Crippen molar-refractivity contribution in [2.75, 3.05) is 13.7 Å². The van der Waals surface area contributed by atoms with Crippen molar-refractivity contribution in [2.45, 2.75) is 25.9 Å². The van der Waals surface area contributed by atoms with Crippen LogP contribution in [0, 0.1) is 5.92 Å². The predicted molar refractivity (Wildman–Crippen MR) is 87.7 cm³/mol. The molecule has 5 nitrogen and oxygen atoms in total. The molecule has 0 saturated heterocycles. The zero-order chi connectivity index (χ0) is 16.1. The van der Waals surface area contributed by atoms with Gasteiger partial charge in [0.1, 0.15) is 0 Å². The molecule has 1 saturated carbocycles. The molecule has 0 aliphatic heterocycles. The van der Waals surface area contributed by atoms with Crippen molar-refractivity contribution in [3.63, 3.8) is 0 Å². The van der Waals surface area contributed by atoms with E-state index in [4.69, 9.17) is 9.47 Å². The number of pyridine rings is 1. The number of hydrogen-bond donors (Lipinski definition) is 2. The quantitative estimate of drug-likeness (QED) is 0.784. The standard InChI is InChI=1S/C18H22N2O3/c1-22-17-6-4-14(8-16(17)21)9-19-10-15-5-7-18(20-11-15)23-12-13-2-3-13/h4-8,11,13,19,21H,2-3,9-10,12H2,1H3. The van der Waals surface area contributed by atoms with Gasteiger partial charge in [0.2, 0.25) is 5.88 Å². The van der Waals surface area contributed by atoms with Crippen molar-refractivity contribution >= 4 is 0 Å². The molecule has 0 bridgehead atoms. The smallest absolute Gasteiger partial charge is 0.213 e. The van der Waals surface area contributed by atoms with E-state index < -0.39 is 0 Å². The van der Waals surface area contributed by atoms with Crippen LogP contribution in [0.25, 0.3) is 0 Å². The minimum atomic E-state index is 0.158. The van der Waals surface area contributed by atoms with Crippen molar-refractivity contribution in [1.29, 1.82) is 0 Å². The number of rotatable bonds is 8. The molecule has 23 heavy (non-hydrogen) atoms. The maximum absolute atomic E-state index is 9.76. The van der Waals surface area contributed by atoms with Crippen molar-refractivity contribution in [3.05, 3.63) is 47.7 Å². The van der Waals surface area contributed by atoms with Gasteiger partial charge in [-0.1, -0.05) is 12.1 Å². The summed E-state index contributed by atoms with van der Waals surface area (Å²) in [5.41, 5.74) is 2.10. The summed E-state index contributed by atoms with van der Waals surface area (Å²) in [7, 11) is 1.54. The number of hydrogen-bond acceptors (Lipinski definition) is 5. The van der Waals surface area contributed by atoms with Crippen LogP contribution in [0.5, 0.6) is 17.4 Å². The molecule has 1 aliphatic rings. The second-order valence-electron chi connectivity index (χ2n) is 5.87. The lowest BCUT2D eigenvalue weighted by Crippen LogP contribution is -2.13. The van der Waals surface area contributed by atoms with E-state index >= 15 is 0 Å². The summed E-state index contributed by atoms with van der Waals surface area (Å²) in [6.07, 6.45) is 4.40. The number of aromatic hydroxyl groups is 1. The van der Waals surface area contributed by atoms with E-state index in [9.17, 15) is 5.11 Å². The molecule has 1 aliphatic carbocycles. The summed E-state index contributed by atoms with van der Waals surface area (Å²) in [4.78, 5) is 4.32. The number of nitrogens with one attached hydrogen (secondary N) is 1. The molecule has 1 aromatic carbocycles. The minimum absolute atomic E-state index is 0.158. The SMILES string of the molecule is COc1ccc(CNCc2ccc(OCC3CC3)nc2)cc1O. The average Bonchev–Trinajstić information content (AvgIpc) is 3.39. The highest BCUT2D eigenvalue weighted by molar-refractivity contribution is 5.41. The van der Waals surface area contributed by atoms with Gasteiger partial charge in [-0.15, -0.1) is 0 Å². The fraction of sp³-hybridized carbons (Fsp3) is 0.389. The van der Waals surface area contributed by atoms with Crippen LogP contribution in [0.15, 0.2) is 36.5 Å². The van der Waals surface area contributed by atoms with Gasteiger partial charge in [0.25, 0.3) is 0 Å². The van der Waals surface area contributed by atoms with Crippen LogP contribution in [-0.2, 0) is 13.1 Å². The van der Waals surface area contributed by atoms with E-state index in [0.717, 1.165) is 23.7 Å². The summed E-state index contributed by atoms with van der Waals surface area (Å²) < 4.78 is 10.7. The van der Waals surface area contributed by atoms with Crippen molar-refractivity contribution in [1.82, 2.24) is 10.3 Å². The first-order valence-corrected chi connectivity index (χ1v) is 7.89. The molecule has 2 N–H and O–H groups in total. The van der Waals surface area contributed by atoms with Gasteiger partial charge in [0.15, 0.2) is 11.5 Å². The fourth-order valence-electron chi connectivity index (χ4n) is 2.29. The van der Waals surface area contributed by atoms with Gasteiger partial charge in [0, 0.05) is 25.4 Å². The monoisotopic (exact) mass is 314 g/mol. The molecular formula is C18H22N2O3. The largest absolute Gasteiger partial charge is 0.504 e. The summed E-state index contributed by atoms with van der Waals surface area (Å²) >= 11 is 0. The molecule has 1 fully saturated rings. The van der Waals surface area contributed by atoms with Gasteiger partial charge in [-0.25, -0.2) is 4.98 Å². The molecule has 0 unspecified atom stereocenters. The van der Waals surface area contributed by atoms with Gasteiger partial charge >= 0.3 is 0 Å². The van der Waals surface area contributed by atoms with E-state index in [-0.39, 0.29) is 5.75 Å². The van der Waals surface area contributed by atoms with Crippen LogP contribution in [-0.4, -0.2) is 23.8 Å². The first kappa shape index (κ1) is 15.6. The summed E-state index contributed by atoms with van der Waals surface area (Å²) in [6, 6.07) is 9.34. The second kappa shape index (κ2) is 7.33. The number of nitrogens with zero attached hydrogens (tertiary/aromatic N) is 1. The van der Waals surface area contributed by atoms with Gasteiger partial charge in [-0.2, -0.15) is 0 Å². The van der Waals surface area contributed by atoms with Gasteiger partial charge in [0.05, 0.1) is 13.7 Å². The van der Waals surface area contributed by atoms with Crippen molar-refractivity contribution < 1.29 is 14.6 Å². The number of benzene rings is 1. The van der Waals surface area contributed by atoms with Crippen LogP contribution in [0.2, 0.25) is 0 Å². The first-order chi connectivity index (χ1) is 11.2. The molecule has 3 rings (SSSR count). The molecule has 2 aromatic rings. The van der Waals surface area contributed by atoms with Gasteiger partial charge in [-0.05, 0) is 42.0 Å². The summed E-state index contributed by atoms with van der Waals surface area (Å²) in [5.74, 6) is 2.07. The Labute approximate surface area is 136 Å². The number of phenolic OH excluding ortho intramolecular Hbond substituents is 1. The molecule has 5 heteroatoms. The van der Waals surface area contributed by atoms with Gasteiger partial charge < -0.3 is 19.9 Å². The highest BCUT2D eigenvalue weighted by Crippen LogP contribution is 2.29. The number of ether oxygens (including phenoxy) is 2. The lowest BCUT2D eigenvalue weighted by Gasteiger charge is -2.08. The zero-order valence-electron chi connectivity index (χ0n) is 13.3. The highest BCUT2D eigenvalue weighted by atomic mass is 16.5. The number of phenols is 1. The van der Waals surface area contributed by atoms with Crippen LogP contribution < -0.4 is 14.8 Å². The second-order valence-corrected chi connectivity index (χ2v) is 5.87. The predicted octanol–water partition coefficient (Wildman–Crippen LogP) is 2.87.